The lowest BCUT2D eigenvalue weighted by molar-refractivity contribution is 0.318. The molecule has 0 aliphatic carbocycles. The van der Waals surface area contributed by atoms with E-state index in [1.165, 1.54) is 11.8 Å². The molecule has 0 aromatic heterocycles. The summed E-state index contributed by atoms with van der Waals surface area (Å²) in [6, 6.07) is 7.59. The van der Waals surface area contributed by atoms with Crippen LogP contribution >= 0.6 is 11.8 Å². The Bertz CT molecular complexity index is 311. The van der Waals surface area contributed by atoms with E-state index >= 15 is 0 Å². The zero-order valence-corrected chi connectivity index (χ0v) is 8.62. The van der Waals surface area contributed by atoms with Crippen molar-refractivity contribution in [2.45, 2.75) is 4.90 Å². The summed E-state index contributed by atoms with van der Waals surface area (Å²) in [6.07, 6.45) is 0. The summed E-state index contributed by atoms with van der Waals surface area (Å²) in [6.45, 7) is 0. The lowest BCUT2D eigenvalue weighted by atomic mass is 10.3. The Balaban J connectivity index is 2.52. The summed E-state index contributed by atoms with van der Waals surface area (Å²) >= 11 is 1.50. The Labute approximate surface area is 86.7 Å². The van der Waals surface area contributed by atoms with E-state index in [0.717, 1.165) is 10.6 Å². The standard InChI is InChI=1S/C9H12N2O2S/c1-13-7-2-4-8(5-3-7)14-6-9(10)11-12/h2-5,12H,6H2,1H3,(H2,10,11). The van der Waals surface area contributed by atoms with Crippen molar-refractivity contribution in [2.75, 3.05) is 12.9 Å². The number of thioether (sulfide) groups is 1. The van der Waals surface area contributed by atoms with Crippen molar-refractivity contribution in [3.63, 3.8) is 0 Å². The van der Waals surface area contributed by atoms with Gasteiger partial charge in [-0.25, -0.2) is 0 Å². The van der Waals surface area contributed by atoms with Gasteiger partial charge in [0.15, 0.2) is 0 Å². The Morgan fingerprint density at radius 1 is 1.50 bits per heavy atom. The minimum absolute atomic E-state index is 0.214. The summed E-state index contributed by atoms with van der Waals surface area (Å²) in [4.78, 5) is 1.05. The van der Waals surface area contributed by atoms with Crippen molar-refractivity contribution < 1.29 is 9.94 Å². The summed E-state index contributed by atoms with van der Waals surface area (Å²) in [5.74, 6) is 1.51. The summed E-state index contributed by atoms with van der Waals surface area (Å²) in [5.41, 5.74) is 5.33. The molecule has 1 aromatic carbocycles. The molecule has 1 rings (SSSR count). The highest BCUT2D eigenvalue weighted by Gasteiger charge is 1.97. The molecule has 0 heterocycles. The van der Waals surface area contributed by atoms with Gasteiger partial charge in [0.2, 0.25) is 0 Å². The molecule has 3 N–H and O–H groups in total. The molecule has 0 amide bonds. The van der Waals surface area contributed by atoms with Gasteiger partial charge in [-0.3, -0.25) is 0 Å². The topological polar surface area (TPSA) is 67.8 Å². The average Bonchev–Trinajstić information content (AvgIpc) is 2.26. The maximum absolute atomic E-state index is 8.32. The van der Waals surface area contributed by atoms with Crippen LogP contribution in [-0.4, -0.2) is 23.9 Å². The van der Waals surface area contributed by atoms with Crippen LogP contribution in [0.4, 0.5) is 0 Å². The first-order valence-corrected chi connectivity index (χ1v) is 4.98. The summed E-state index contributed by atoms with van der Waals surface area (Å²) < 4.78 is 5.02. The van der Waals surface area contributed by atoms with Crippen molar-refractivity contribution in [1.29, 1.82) is 0 Å². The number of benzene rings is 1. The van der Waals surface area contributed by atoms with Crippen LogP contribution in [0.3, 0.4) is 0 Å². The van der Waals surface area contributed by atoms with E-state index < -0.39 is 0 Å². The first-order chi connectivity index (χ1) is 6.76. The molecule has 0 unspecified atom stereocenters. The van der Waals surface area contributed by atoms with Crippen molar-refractivity contribution in [3.05, 3.63) is 24.3 Å². The van der Waals surface area contributed by atoms with Crippen molar-refractivity contribution in [3.8, 4) is 5.75 Å². The maximum Gasteiger partial charge on any atom is 0.149 e. The van der Waals surface area contributed by atoms with Crippen LogP contribution in [0.25, 0.3) is 0 Å². The third-order valence-corrected chi connectivity index (χ3v) is 2.62. The predicted molar refractivity (Wildman–Crippen MR) is 57.1 cm³/mol. The molecule has 0 atom stereocenters. The van der Waals surface area contributed by atoms with Crippen molar-refractivity contribution >= 4 is 17.6 Å². The first kappa shape index (κ1) is 10.7. The largest absolute Gasteiger partial charge is 0.497 e. The fourth-order valence-corrected chi connectivity index (χ4v) is 1.56. The van der Waals surface area contributed by atoms with E-state index in [1.807, 2.05) is 24.3 Å². The number of oxime groups is 1. The van der Waals surface area contributed by atoms with E-state index in [2.05, 4.69) is 5.16 Å². The fourth-order valence-electron chi connectivity index (χ4n) is 0.858. The molecule has 14 heavy (non-hydrogen) atoms. The fraction of sp³-hybridized carbons (Fsp3) is 0.222. The lowest BCUT2D eigenvalue weighted by Crippen LogP contribution is -2.13. The van der Waals surface area contributed by atoms with Gasteiger partial charge in [-0.1, -0.05) is 5.16 Å². The van der Waals surface area contributed by atoms with Crippen LogP contribution in [0.1, 0.15) is 0 Å². The van der Waals surface area contributed by atoms with Crippen LogP contribution < -0.4 is 10.5 Å². The minimum atomic E-state index is 0.214. The number of rotatable bonds is 4. The smallest absolute Gasteiger partial charge is 0.149 e. The van der Waals surface area contributed by atoms with Gasteiger partial charge in [-0.2, -0.15) is 0 Å². The van der Waals surface area contributed by atoms with Gasteiger partial charge >= 0.3 is 0 Å². The van der Waals surface area contributed by atoms with Gasteiger partial charge in [-0.15, -0.1) is 11.8 Å². The van der Waals surface area contributed by atoms with Gasteiger partial charge in [0.05, 0.1) is 12.9 Å². The van der Waals surface area contributed by atoms with Gasteiger partial charge in [0.25, 0.3) is 0 Å². The molecule has 5 heteroatoms. The van der Waals surface area contributed by atoms with Gasteiger partial charge < -0.3 is 15.7 Å². The van der Waals surface area contributed by atoms with E-state index in [1.54, 1.807) is 7.11 Å². The number of nitrogens with zero attached hydrogens (tertiary/aromatic N) is 1. The molecule has 4 nitrogen and oxygen atoms in total. The van der Waals surface area contributed by atoms with Crippen LogP contribution in [-0.2, 0) is 0 Å². The first-order valence-electron chi connectivity index (χ1n) is 3.99. The van der Waals surface area contributed by atoms with Crippen LogP contribution in [0, 0.1) is 0 Å². The van der Waals surface area contributed by atoms with Crippen LogP contribution in [0.5, 0.6) is 5.75 Å². The molecule has 76 valence electrons. The quantitative estimate of drug-likeness (QED) is 0.261. The van der Waals surface area contributed by atoms with Crippen molar-refractivity contribution in [1.82, 2.24) is 0 Å². The second-order valence-electron chi connectivity index (χ2n) is 2.56. The third kappa shape index (κ3) is 3.18. The zero-order chi connectivity index (χ0) is 10.4. The Morgan fingerprint density at radius 2 is 2.14 bits per heavy atom. The molecule has 0 saturated carbocycles. The molecule has 0 saturated heterocycles. The summed E-state index contributed by atoms with van der Waals surface area (Å²) in [7, 11) is 1.62. The number of nitrogens with two attached hydrogens (primary N) is 1. The van der Waals surface area contributed by atoms with Gasteiger partial charge in [0, 0.05) is 4.90 Å². The van der Waals surface area contributed by atoms with Gasteiger partial charge in [-0.05, 0) is 24.3 Å². The van der Waals surface area contributed by atoms with E-state index in [4.69, 9.17) is 15.7 Å². The maximum atomic E-state index is 8.32. The lowest BCUT2D eigenvalue weighted by Gasteiger charge is -2.02. The SMILES string of the molecule is COc1ccc(SC/C(N)=N/O)cc1. The number of ether oxygens (including phenoxy) is 1. The Kier molecular flexibility index (Phi) is 4.12. The van der Waals surface area contributed by atoms with E-state index in [-0.39, 0.29) is 5.84 Å². The normalized spacial score (nSPS) is 11.4. The molecule has 0 fully saturated rings. The zero-order valence-electron chi connectivity index (χ0n) is 7.80. The molecular weight excluding hydrogens is 200 g/mol. The minimum Gasteiger partial charge on any atom is -0.497 e. The monoisotopic (exact) mass is 212 g/mol. The number of hydrogen-bond acceptors (Lipinski definition) is 4. The number of hydrogen-bond donors (Lipinski definition) is 2. The molecule has 0 bridgehead atoms. The Morgan fingerprint density at radius 3 is 2.64 bits per heavy atom. The molecule has 0 aliphatic rings. The average molecular weight is 212 g/mol. The van der Waals surface area contributed by atoms with Crippen molar-refractivity contribution in [2.24, 2.45) is 10.9 Å². The molecule has 0 spiro atoms. The van der Waals surface area contributed by atoms with Gasteiger partial charge in [0.1, 0.15) is 11.6 Å². The van der Waals surface area contributed by atoms with Crippen LogP contribution in [0.15, 0.2) is 34.3 Å². The Hall–Kier alpha value is -1.36. The second-order valence-corrected chi connectivity index (χ2v) is 3.60. The highest BCUT2D eigenvalue weighted by Crippen LogP contribution is 2.20. The highest BCUT2D eigenvalue weighted by atomic mass is 32.2. The number of methoxy groups -OCH3 is 1. The summed E-state index contributed by atoms with van der Waals surface area (Å²) in [5, 5.41) is 11.2. The second kappa shape index (κ2) is 5.39. The molecule has 0 aliphatic heterocycles. The van der Waals surface area contributed by atoms with E-state index in [9.17, 15) is 0 Å². The molecule has 1 aromatic rings. The predicted octanol–water partition coefficient (Wildman–Crippen LogP) is 1.53. The molecule has 0 radical (unpaired) electrons. The van der Waals surface area contributed by atoms with E-state index in [0.29, 0.717) is 5.75 Å². The number of amidine groups is 1. The molecular formula is C9H12N2O2S. The van der Waals surface area contributed by atoms with Crippen LogP contribution in [0.2, 0.25) is 0 Å². The third-order valence-electron chi connectivity index (χ3n) is 1.57. The highest BCUT2D eigenvalue weighted by molar-refractivity contribution is 8.00.